The highest BCUT2D eigenvalue weighted by Crippen LogP contribution is 1.94. The number of ketones is 1. The molecular weight excluding hydrogens is 114 g/mol. The summed E-state index contributed by atoms with van der Waals surface area (Å²) in [5.74, 6) is 0.306. The van der Waals surface area contributed by atoms with E-state index in [1.165, 1.54) is 0 Å². The molecule has 9 heavy (non-hydrogen) atoms. The molecule has 0 aliphatic rings. The van der Waals surface area contributed by atoms with Crippen molar-refractivity contribution in [2.45, 2.75) is 32.7 Å². The van der Waals surface area contributed by atoms with E-state index in [0.29, 0.717) is 12.2 Å². The number of Topliss-reactive ketones (excluding diaryl/α,β-unsaturated/α-hetero) is 1. The van der Waals surface area contributed by atoms with Crippen molar-refractivity contribution in [3.63, 3.8) is 0 Å². The van der Waals surface area contributed by atoms with Crippen LogP contribution in [0.15, 0.2) is 0 Å². The molecule has 54 valence electrons. The van der Waals surface area contributed by atoms with Gasteiger partial charge in [-0.15, -0.1) is 0 Å². The lowest BCUT2D eigenvalue weighted by Crippen LogP contribution is -2.32. The van der Waals surface area contributed by atoms with Crippen molar-refractivity contribution in [2.75, 3.05) is 7.05 Å². The number of likely N-dealkylation sites (N-methyl/N-ethyl adjacent to an activating group) is 1. The van der Waals surface area contributed by atoms with Crippen LogP contribution in [-0.2, 0) is 4.79 Å². The second-order valence-electron chi connectivity index (χ2n) is 2.07. The average molecular weight is 129 g/mol. The van der Waals surface area contributed by atoms with Crippen molar-refractivity contribution in [3.05, 3.63) is 0 Å². The van der Waals surface area contributed by atoms with Crippen molar-refractivity contribution in [3.8, 4) is 0 Å². The van der Waals surface area contributed by atoms with Crippen LogP contribution in [0.25, 0.3) is 0 Å². The Morgan fingerprint density at radius 2 is 2.11 bits per heavy atom. The van der Waals surface area contributed by atoms with E-state index in [4.69, 9.17) is 0 Å². The molecule has 0 heterocycles. The van der Waals surface area contributed by atoms with E-state index in [2.05, 4.69) is 5.32 Å². The fourth-order valence-corrected chi connectivity index (χ4v) is 0.839. The zero-order valence-electron chi connectivity index (χ0n) is 6.40. The topological polar surface area (TPSA) is 29.1 Å². The van der Waals surface area contributed by atoms with Crippen LogP contribution in [0.2, 0.25) is 0 Å². The smallest absolute Gasteiger partial charge is 0.149 e. The summed E-state index contributed by atoms with van der Waals surface area (Å²) in [4.78, 5) is 10.9. The molecule has 0 aliphatic carbocycles. The first-order valence-electron chi connectivity index (χ1n) is 3.46. The van der Waals surface area contributed by atoms with Crippen molar-refractivity contribution >= 4 is 5.78 Å². The van der Waals surface area contributed by atoms with Crippen molar-refractivity contribution < 1.29 is 4.79 Å². The van der Waals surface area contributed by atoms with Gasteiger partial charge in [0, 0.05) is 6.42 Å². The average Bonchev–Trinajstić information content (AvgIpc) is 1.90. The molecule has 0 fully saturated rings. The van der Waals surface area contributed by atoms with Crippen LogP contribution in [0, 0.1) is 0 Å². The van der Waals surface area contributed by atoms with E-state index in [1.807, 2.05) is 20.9 Å². The van der Waals surface area contributed by atoms with Gasteiger partial charge in [0.1, 0.15) is 5.78 Å². The lowest BCUT2D eigenvalue weighted by Gasteiger charge is -2.09. The molecular formula is C7H15NO. The van der Waals surface area contributed by atoms with Gasteiger partial charge in [0.2, 0.25) is 0 Å². The van der Waals surface area contributed by atoms with Gasteiger partial charge >= 0.3 is 0 Å². The Kier molecular flexibility index (Phi) is 4.32. The zero-order chi connectivity index (χ0) is 7.28. The van der Waals surface area contributed by atoms with Crippen molar-refractivity contribution in [1.29, 1.82) is 0 Å². The standard InChI is InChI=1S/C7H15NO/c1-4-6(8-3)7(9)5-2/h6,8H,4-5H2,1-3H3. The number of rotatable bonds is 4. The van der Waals surface area contributed by atoms with Gasteiger partial charge < -0.3 is 5.32 Å². The van der Waals surface area contributed by atoms with Gasteiger partial charge in [0.25, 0.3) is 0 Å². The van der Waals surface area contributed by atoms with Crippen molar-refractivity contribution in [1.82, 2.24) is 5.32 Å². The highest BCUT2D eigenvalue weighted by atomic mass is 16.1. The maximum Gasteiger partial charge on any atom is 0.149 e. The monoisotopic (exact) mass is 129 g/mol. The van der Waals surface area contributed by atoms with Gasteiger partial charge in [-0.25, -0.2) is 0 Å². The maximum atomic E-state index is 10.9. The van der Waals surface area contributed by atoms with Crippen LogP contribution in [0.4, 0.5) is 0 Å². The summed E-state index contributed by atoms with van der Waals surface area (Å²) in [7, 11) is 1.82. The summed E-state index contributed by atoms with van der Waals surface area (Å²) in [5.41, 5.74) is 0. The third kappa shape index (κ3) is 2.61. The first kappa shape index (κ1) is 8.63. The lowest BCUT2D eigenvalue weighted by atomic mass is 10.1. The fraction of sp³-hybridized carbons (Fsp3) is 0.857. The number of hydrogen-bond donors (Lipinski definition) is 1. The van der Waals surface area contributed by atoms with E-state index in [9.17, 15) is 4.79 Å². The highest BCUT2D eigenvalue weighted by Gasteiger charge is 2.09. The summed E-state index contributed by atoms with van der Waals surface area (Å²) in [6.07, 6.45) is 1.53. The molecule has 0 aromatic heterocycles. The molecule has 0 amide bonds. The van der Waals surface area contributed by atoms with Gasteiger partial charge in [0.05, 0.1) is 6.04 Å². The Morgan fingerprint density at radius 3 is 2.22 bits per heavy atom. The Bertz CT molecular complexity index is 86.9. The second kappa shape index (κ2) is 4.50. The van der Waals surface area contributed by atoms with Gasteiger partial charge in [-0.1, -0.05) is 13.8 Å². The molecule has 1 atom stereocenters. The summed E-state index contributed by atoms with van der Waals surface area (Å²) in [6.45, 7) is 3.90. The lowest BCUT2D eigenvalue weighted by molar-refractivity contribution is -0.120. The molecule has 0 saturated heterocycles. The molecule has 2 nitrogen and oxygen atoms in total. The van der Waals surface area contributed by atoms with Crippen LogP contribution >= 0.6 is 0 Å². The Labute approximate surface area is 56.6 Å². The summed E-state index contributed by atoms with van der Waals surface area (Å²) < 4.78 is 0. The Morgan fingerprint density at radius 1 is 1.56 bits per heavy atom. The molecule has 0 aliphatic heterocycles. The second-order valence-corrected chi connectivity index (χ2v) is 2.07. The minimum atomic E-state index is 0.0787. The molecule has 1 N–H and O–H groups in total. The molecule has 0 aromatic carbocycles. The van der Waals surface area contributed by atoms with E-state index < -0.39 is 0 Å². The molecule has 2 heteroatoms. The van der Waals surface area contributed by atoms with E-state index in [0.717, 1.165) is 6.42 Å². The SMILES string of the molecule is CCC(=O)C(CC)NC. The van der Waals surface area contributed by atoms with Crippen LogP contribution in [0.5, 0.6) is 0 Å². The van der Waals surface area contributed by atoms with E-state index in [1.54, 1.807) is 0 Å². The molecule has 0 saturated carbocycles. The van der Waals surface area contributed by atoms with Crippen LogP contribution in [0.3, 0.4) is 0 Å². The van der Waals surface area contributed by atoms with Gasteiger partial charge in [-0.05, 0) is 13.5 Å². The predicted octanol–water partition coefficient (Wildman–Crippen LogP) is 0.964. The minimum Gasteiger partial charge on any atom is -0.311 e. The summed E-state index contributed by atoms with van der Waals surface area (Å²) in [6, 6.07) is 0.0787. The van der Waals surface area contributed by atoms with E-state index >= 15 is 0 Å². The normalized spacial score (nSPS) is 13.2. The van der Waals surface area contributed by atoms with Gasteiger partial charge in [0.15, 0.2) is 0 Å². The van der Waals surface area contributed by atoms with Gasteiger partial charge in [-0.2, -0.15) is 0 Å². The number of nitrogens with one attached hydrogen (secondary N) is 1. The van der Waals surface area contributed by atoms with E-state index in [-0.39, 0.29) is 6.04 Å². The third-order valence-electron chi connectivity index (χ3n) is 1.49. The highest BCUT2D eigenvalue weighted by molar-refractivity contribution is 5.83. The molecule has 0 radical (unpaired) electrons. The minimum absolute atomic E-state index is 0.0787. The van der Waals surface area contributed by atoms with Gasteiger partial charge in [-0.3, -0.25) is 4.79 Å². The number of hydrogen-bond acceptors (Lipinski definition) is 2. The molecule has 0 rings (SSSR count). The van der Waals surface area contributed by atoms with Crippen LogP contribution in [-0.4, -0.2) is 18.9 Å². The van der Waals surface area contributed by atoms with Crippen molar-refractivity contribution in [2.24, 2.45) is 0 Å². The fourth-order valence-electron chi connectivity index (χ4n) is 0.839. The molecule has 0 spiro atoms. The third-order valence-corrected chi connectivity index (χ3v) is 1.49. The molecule has 0 bridgehead atoms. The molecule has 0 aromatic rings. The Hall–Kier alpha value is -0.370. The predicted molar refractivity (Wildman–Crippen MR) is 38.4 cm³/mol. The Balaban J connectivity index is 3.64. The molecule has 1 unspecified atom stereocenters. The number of carbonyl (C=O) groups excluding carboxylic acids is 1. The summed E-state index contributed by atoms with van der Waals surface area (Å²) in [5, 5.41) is 2.95. The zero-order valence-corrected chi connectivity index (χ0v) is 6.40. The van der Waals surface area contributed by atoms with Crippen LogP contribution in [0.1, 0.15) is 26.7 Å². The first-order valence-corrected chi connectivity index (χ1v) is 3.46. The largest absolute Gasteiger partial charge is 0.311 e. The maximum absolute atomic E-state index is 10.9. The summed E-state index contributed by atoms with van der Waals surface area (Å²) >= 11 is 0. The quantitative estimate of drug-likeness (QED) is 0.612. The first-order chi connectivity index (χ1) is 4.26. The number of carbonyl (C=O) groups is 1. The van der Waals surface area contributed by atoms with Crippen LogP contribution < -0.4 is 5.32 Å².